The van der Waals surface area contributed by atoms with Gasteiger partial charge in [0.15, 0.2) is 10.6 Å². The highest BCUT2D eigenvalue weighted by atomic mass is 32.2. The largest absolute Gasteiger partial charge is 0.485 e. The van der Waals surface area contributed by atoms with E-state index in [0.717, 1.165) is 5.75 Å². The fraction of sp³-hybridized carbons (Fsp3) is 0.538. The summed E-state index contributed by atoms with van der Waals surface area (Å²) in [5, 5.41) is 0. The van der Waals surface area contributed by atoms with E-state index in [1.54, 1.807) is 0 Å². The van der Waals surface area contributed by atoms with Gasteiger partial charge in [0.1, 0.15) is 12.5 Å². The molecule has 1 saturated carbocycles. The van der Waals surface area contributed by atoms with Crippen LogP contribution < -0.4 is 4.74 Å². The fourth-order valence-corrected chi connectivity index (χ4v) is 2.94. The molecule has 0 N–H and O–H groups in total. The number of benzene rings is 1. The van der Waals surface area contributed by atoms with E-state index in [4.69, 9.17) is 4.74 Å². The number of hydrogen-bond donors (Lipinski definition) is 0. The summed E-state index contributed by atoms with van der Waals surface area (Å²) < 4.78 is 6.07. The second-order valence-corrected chi connectivity index (χ2v) is 6.36. The zero-order valence-corrected chi connectivity index (χ0v) is 10.3. The Morgan fingerprint density at radius 1 is 1.13 bits per heavy atom. The first-order valence-electron chi connectivity index (χ1n) is 5.60. The first-order chi connectivity index (χ1) is 7.27. The lowest BCUT2D eigenvalue weighted by Crippen LogP contribution is -2.13. The van der Waals surface area contributed by atoms with Crippen molar-refractivity contribution in [3.05, 3.63) is 24.3 Å². The minimum absolute atomic E-state index is 0.285. The summed E-state index contributed by atoms with van der Waals surface area (Å²) in [5.41, 5.74) is 0. The second-order valence-electron chi connectivity index (χ2n) is 4.29. The molecule has 0 bridgehead atoms. The fourth-order valence-electron chi connectivity index (χ4n) is 2.07. The molecule has 1 aliphatic carbocycles. The summed E-state index contributed by atoms with van der Waals surface area (Å²) in [4.78, 5) is 1.37. The van der Waals surface area contributed by atoms with Gasteiger partial charge < -0.3 is 4.74 Å². The molecule has 1 aliphatic rings. The first-order valence-corrected chi connectivity index (χ1v) is 7.65. The average molecular weight is 223 g/mol. The SMILES string of the molecule is C[S+](C)c1ccccc1OC1CCCC1. The van der Waals surface area contributed by atoms with Crippen LogP contribution in [0.2, 0.25) is 0 Å². The highest BCUT2D eigenvalue weighted by Gasteiger charge is 2.21. The summed E-state index contributed by atoms with van der Waals surface area (Å²) in [5.74, 6) is 1.11. The molecule has 0 unspecified atom stereocenters. The topological polar surface area (TPSA) is 9.23 Å². The van der Waals surface area contributed by atoms with Crippen LogP contribution in [0.5, 0.6) is 5.75 Å². The van der Waals surface area contributed by atoms with E-state index in [1.165, 1.54) is 30.6 Å². The highest BCUT2D eigenvalue weighted by molar-refractivity contribution is 7.95. The molecular formula is C13H19OS+. The predicted octanol–water partition coefficient (Wildman–Crippen LogP) is 3.24. The van der Waals surface area contributed by atoms with E-state index in [1.807, 2.05) is 0 Å². The summed E-state index contributed by atoms with van der Waals surface area (Å²) in [6.45, 7) is 0. The minimum atomic E-state index is 0.285. The van der Waals surface area contributed by atoms with Crippen molar-refractivity contribution in [2.75, 3.05) is 12.5 Å². The van der Waals surface area contributed by atoms with Gasteiger partial charge >= 0.3 is 0 Å². The quantitative estimate of drug-likeness (QED) is 0.715. The van der Waals surface area contributed by atoms with Crippen LogP contribution in [0, 0.1) is 0 Å². The zero-order valence-electron chi connectivity index (χ0n) is 9.53. The molecule has 1 nitrogen and oxygen atoms in total. The maximum absolute atomic E-state index is 6.07. The molecule has 1 aromatic rings. The predicted molar refractivity (Wildman–Crippen MR) is 66.8 cm³/mol. The summed E-state index contributed by atoms with van der Waals surface area (Å²) in [6.07, 6.45) is 10.1. The lowest BCUT2D eigenvalue weighted by Gasteiger charge is -2.14. The van der Waals surface area contributed by atoms with Crippen molar-refractivity contribution in [2.24, 2.45) is 0 Å². The van der Waals surface area contributed by atoms with Gasteiger partial charge in [-0.05, 0) is 37.8 Å². The van der Waals surface area contributed by atoms with Crippen LogP contribution in [0.15, 0.2) is 29.2 Å². The third kappa shape index (κ3) is 2.69. The molecular weight excluding hydrogens is 204 g/mol. The van der Waals surface area contributed by atoms with E-state index < -0.39 is 0 Å². The van der Waals surface area contributed by atoms with Crippen molar-refractivity contribution in [1.82, 2.24) is 0 Å². The number of ether oxygens (including phenoxy) is 1. The Bertz CT molecular complexity index is 316. The number of hydrogen-bond acceptors (Lipinski definition) is 1. The third-order valence-corrected chi connectivity index (χ3v) is 4.10. The smallest absolute Gasteiger partial charge is 0.196 e. The zero-order chi connectivity index (χ0) is 10.7. The van der Waals surface area contributed by atoms with Crippen molar-refractivity contribution in [1.29, 1.82) is 0 Å². The Morgan fingerprint density at radius 2 is 1.80 bits per heavy atom. The Labute approximate surface area is 95.2 Å². The van der Waals surface area contributed by atoms with Crippen LogP contribution in [0.1, 0.15) is 25.7 Å². The summed E-state index contributed by atoms with van der Waals surface area (Å²) in [7, 11) is 0.285. The molecule has 2 rings (SSSR count). The third-order valence-electron chi connectivity index (χ3n) is 2.88. The van der Waals surface area contributed by atoms with Gasteiger partial charge in [-0.15, -0.1) is 0 Å². The molecule has 0 atom stereocenters. The standard InChI is InChI=1S/C13H19OS/c1-15(2)13-10-6-5-9-12(13)14-11-7-3-4-8-11/h5-6,9-11H,3-4,7-8H2,1-2H3/q+1. The van der Waals surface area contributed by atoms with E-state index in [9.17, 15) is 0 Å². The Kier molecular flexibility index (Phi) is 3.57. The molecule has 0 aliphatic heterocycles. The van der Waals surface area contributed by atoms with Gasteiger partial charge in [0.2, 0.25) is 0 Å². The maximum atomic E-state index is 6.07. The van der Waals surface area contributed by atoms with Crippen molar-refractivity contribution >= 4 is 10.9 Å². The van der Waals surface area contributed by atoms with Crippen LogP contribution in [-0.4, -0.2) is 18.6 Å². The molecule has 0 amide bonds. The molecule has 1 fully saturated rings. The van der Waals surface area contributed by atoms with Gasteiger partial charge in [-0.1, -0.05) is 12.1 Å². The van der Waals surface area contributed by atoms with E-state index in [-0.39, 0.29) is 10.9 Å². The monoisotopic (exact) mass is 223 g/mol. The minimum Gasteiger partial charge on any atom is -0.485 e. The van der Waals surface area contributed by atoms with Crippen molar-refractivity contribution in [3.8, 4) is 5.75 Å². The van der Waals surface area contributed by atoms with Gasteiger partial charge in [0.05, 0.1) is 6.10 Å². The van der Waals surface area contributed by atoms with Crippen molar-refractivity contribution in [2.45, 2.75) is 36.7 Å². The number of rotatable bonds is 3. The van der Waals surface area contributed by atoms with Gasteiger partial charge in [0, 0.05) is 10.9 Å². The summed E-state index contributed by atoms with van der Waals surface area (Å²) in [6, 6.07) is 8.47. The Balaban J connectivity index is 2.12. The lowest BCUT2D eigenvalue weighted by molar-refractivity contribution is 0.205. The summed E-state index contributed by atoms with van der Waals surface area (Å²) >= 11 is 0. The van der Waals surface area contributed by atoms with Gasteiger partial charge in [-0.25, -0.2) is 0 Å². The molecule has 2 heteroatoms. The maximum Gasteiger partial charge on any atom is 0.196 e. The molecule has 0 spiro atoms. The Hall–Kier alpha value is -0.630. The molecule has 0 radical (unpaired) electrons. The van der Waals surface area contributed by atoms with Crippen LogP contribution in [0.4, 0.5) is 0 Å². The van der Waals surface area contributed by atoms with Crippen LogP contribution in [-0.2, 0) is 10.9 Å². The molecule has 15 heavy (non-hydrogen) atoms. The second kappa shape index (κ2) is 4.93. The van der Waals surface area contributed by atoms with Crippen LogP contribution in [0.3, 0.4) is 0 Å². The van der Waals surface area contributed by atoms with Crippen LogP contribution >= 0.6 is 0 Å². The Morgan fingerprint density at radius 3 is 2.47 bits per heavy atom. The molecule has 1 aromatic carbocycles. The lowest BCUT2D eigenvalue weighted by atomic mass is 10.3. The normalized spacial score (nSPS) is 17.3. The molecule has 82 valence electrons. The van der Waals surface area contributed by atoms with Crippen molar-refractivity contribution < 1.29 is 4.74 Å². The molecule has 0 heterocycles. The van der Waals surface area contributed by atoms with E-state index >= 15 is 0 Å². The molecule has 0 saturated heterocycles. The van der Waals surface area contributed by atoms with E-state index in [0.29, 0.717) is 6.10 Å². The van der Waals surface area contributed by atoms with Gasteiger partial charge in [-0.3, -0.25) is 0 Å². The van der Waals surface area contributed by atoms with Gasteiger partial charge in [-0.2, -0.15) is 0 Å². The van der Waals surface area contributed by atoms with Crippen LogP contribution in [0.25, 0.3) is 0 Å². The highest BCUT2D eigenvalue weighted by Crippen LogP contribution is 2.28. The first kappa shape index (κ1) is 10.9. The number of para-hydroxylation sites is 1. The van der Waals surface area contributed by atoms with Crippen molar-refractivity contribution in [3.63, 3.8) is 0 Å². The average Bonchev–Trinajstić information content (AvgIpc) is 2.71. The molecule has 0 aromatic heterocycles. The van der Waals surface area contributed by atoms with E-state index in [2.05, 4.69) is 36.8 Å². The van der Waals surface area contributed by atoms with Gasteiger partial charge in [0.25, 0.3) is 0 Å².